The number of alkyl carbamates (subject to hydrolysis) is 1. The van der Waals surface area contributed by atoms with Crippen LogP contribution in [0.4, 0.5) is 4.79 Å². The summed E-state index contributed by atoms with van der Waals surface area (Å²) in [5, 5.41) is 29.6. The number of benzene rings is 1. The molecule has 11 nitrogen and oxygen atoms in total. The summed E-state index contributed by atoms with van der Waals surface area (Å²) < 4.78 is 5.43. The molecule has 0 bridgehead atoms. The summed E-state index contributed by atoms with van der Waals surface area (Å²) >= 11 is 0. The lowest BCUT2D eigenvalue weighted by atomic mass is 9.84. The van der Waals surface area contributed by atoms with Crippen molar-refractivity contribution in [2.45, 2.75) is 122 Å². The van der Waals surface area contributed by atoms with Gasteiger partial charge >= 0.3 is 12.1 Å². The molecule has 1 aliphatic carbocycles. The van der Waals surface area contributed by atoms with Gasteiger partial charge in [0.25, 0.3) is 0 Å². The molecule has 0 saturated heterocycles. The second-order valence-electron chi connectivity index (χ2n) is 13.2. The average molecular weight is 615 g/mol. The number of ether oxygens (including phenoxy) is 1. The molecule has 0 aliphatic heterocycles. The summed E-state index contributed by atoms with van der Waals surface area (Å²) in [5.74, 6) is -2.24. The van der Waals surface area contributed by atoms with E-state index in [4.69, 9.17) is 4.74 Å². The fourth-order valence-corrected chi connectivity index (χ4v) is 5.81. The molecule has 1 aromatic carbocycles. The lowest BCUT2D eigenvalue weighted by Crippen LogP contribution is -2.58. The number of fused-ring (bicyclic) bond motifs is 1. The predicted octanol–water partition coefficient (Wildman–Crippen LogP) is 4.43. The summed E-state index contributed by atoms with van der Waals surface area (Å²) in [5.41, 5.74) is 0.950. The minimum absolute atomic E-state index is 0.176. The summed E-state index contributed by atoms with van der Waals surface area (Å²) in [6.07, 6.45) is 5.54. The van der Waals surface area contributed by atoms with Crippen LogP contribution < -0.4 is 16.0 Å². The molecule has 244 valence electrons. The minimum atomic E-state index is -1.37. The van der Waals surface area contributed by atoms with Gasteiger partial charge < -0.3 is 35.9 Å². The number of hydrogen-bond donors (Lipinski definition) is 6. The van der Waals surface area contributed by atoms with E-state index in [0.29, 0.717) is 12.8 Å². The highest BCUT2D eigenvalue weighted by molar-refractivity contribution is 5.92. The van der Waals surface area contributed by atoms with Gasteiger partial charge in [-0.05, 0) is 57.1 Å². The molecular weight excluding hydrogens is 564 g/mol. The van der Waals surface area contributed by atoms with Crippen LogP contribution in [0.25, 0.3) is 10.9 Å². The van der Waals surface area contributed by atoms with Gasteiger partial charge in [-0.15, -0.1) is 0 Å². The number of para-hydroxylation sites is 1. The Bertz CT molecular complexity index is 1260. The number of amides is 3. The number of aliphatic hydroxyl groups is 1. The van der Waals surface area contributed by atoms with Crippen LogP contribution in [0.1, 0.15) is 91.5 Å². The van der Waals surface area contributed by atoms with E-state index in [1.165, 1.54) is 0 Å². The molecule has 0 unspecified atom stereocenters. The number of aliphatic hydroxyl groups excluding tert-OH is 1. The van der Waals surface area contributed by atoms with E-state index < -0.39 is 60.1 Å². The Kier molecular flexibility index (Phi) is 12.6. The molecule has 1 aromatic heterocycles. The number of rotatable bonds is 14. The van der Waals surface area contributed by atoms with Crippen molar-refractivity contribution in [3.05, 3.63) is 36.0 Å². The topological polar surface area (TPSA) is 170 Å². The molecule has 2 aromatic rings. The monoisotopic (exact) mass is 614 g/mol. The third-order valence-electron chi connectivity index (χ3n) is 8.39. The SMILES string of the molecule is CC[C@H](C)[C@H](NC(=O)[C@H](CC1CCCCC1)NC(=O)OC(C)(C)C)C(=O)N[C@@H](Cc1c[nH]c2ccccc12)[C@H](O)CC(=O)O. The number of H-pyrrole nitrogens is 1. The van der Waals surface area contributed by atoms with Crippen molar-refractivity contribution >= 4 is 34.8 Å². The highest BCUT2D eigenvalue weighted by Gasteiger charge is 2.34. The maximum atomic E-state index is 13.8. The number of carboxylic acids is 1. The van der Waals surface area contributed by atoms with Crippen molar-refractivity contribution in [3.63, 3.8) is 0 Å². The van der Waals surface area contributed by atoms with Crippen LogP contribution >= 0.6 is 0 Å². The molecule has 0 spiro atoms. The molecule has 5 atom stereocenters. The van der Waals surface area contributed by atoms with E-state index in [1.54, 1.807) is 27.0 Å². The average Bonchev–Trinajstić information content (AvgIpc) is 3.36. The Morgan fingerprint density at radius 1 is 1.02 bits per heavy atom. The smallest absolute Gasteiger partial charge is 0.408 e. The lowest BCUT2D eigenvalue weighted by molar-refractivity contribution is -0.140. The van der Waals surface area contributed by atoms with Crippen molar-refractivity contribution in [3.8, 4) is 0 Å². The van der Waals surface area contributed by atoms with E-state index in [9.17, 15) is 29.4 Å². The standard InChI is InChI=1S/C33H50N4O7/c1-6-20(2)29(37-30(41)26(16-21-12-8-7-9-13-21)36-32(43)44-33(3,4)5)31(42)35-25(27(38)18-28(39)40)17-22-19-34-24-15-11-10-14-23(22)24/h10-11,14-15,19-21,25-27,29,34,38H,6-9,12-13,16-18H2,1-5H3,(H,35,42)(H,36,43)(H,37,41)(H,39,40)/t20-,25-,26-,27+,29-/m0/s1. The van der Waals surface area contributed by atoms with Gasteiger partial charge in [-0.25, -0.2) is 4.79 Å². The van der Waals surface area contributed by atoms with Gasteiger partial charge in [0, 0.05) is 17.1 Å². The zero-order valence-corrected chi connectivity index (χ0v) is 26.7. The molecule has 3 amide bonds. The zero-order chi connectivity index (χ0) is 32.4. The maximum absolute atomic E-state index is 13.8. The molecular formula is C33H50N4O7. The van der Waals surface area contributed by atoms with Gasteiger partial charge in [-0.3, -0.25) is 14.4 Å². The second kappa shape index (κ2) is 15.9. The number of carbonyl (C=O) groups excluding carboxylic acids is 3. The molecule has 3 rings (SSSR count). The van der Waals surface area contributed by atoms with Crippen LogP contribution in [-0.2, 0) is 25.5 Å². The van der Waals surface area contributed by atoms with Crippen molar-refractivity contribution in [2.24, 2.45) is 11.8 Å². The quantitative estimate of drug-likeness (QED) is 0.183. The van der Waals surface area contributed by atoms with Gasteiger partial charge in [0.2, 0.25) is 11.8 Å². The summed E-state index contributed by atoms with van der Waals surface area (Å²) in [4.78, 5) is 54.9. The fourth-order valence-electron chi connectivity index (χ4n) is 5.81. The van der Waals surface area contributed by atoms with Gasteiger partial charge in [0.15, 0.2) is 0 Å². The number of carbonyl (C=O) groups is 4. The Morgan fingerprint density at radius 2 is 1.70 bits per heavy atom. The third kappa shape index (κ3) is 10.5. The van der Waals surface area contributed by atoms with Crippen LogP contribution in [0.15, 0.2) is 30.5 Å². The molecule has 0 radical (unpaired) electrons. The first-order valence-electron chi connectivity index (χ1n) is 15.8. The van der Waals surface area contributed by atoms with Gasteiger partial charge in [-0.1, -0.05) is 70.6 Å². The number of hydrogen-bond acceptors (Lipinski definition) is 6. The first-order chi connectivity index (χ1) is 20.8. The van der Waals surface area contributed by atoms with E-state index >= 15 is 0 Å². The van der Waals surface area contributed by atoms with E-state index in [2.05, 4.69) is 20.9 Å². The minimum Gasteiger partial charge on any atom is -0.481 e. The zero-order valence-electron chi connectivity index (χ0n) is 26.7. The highest BCUT2D eigenvalue weighted by Crippen LogP contribution is 2.28. The Morgan fingerprint density at radius 3 is 2.34 bits per heavy atom. The fraction of sp³-hybridized carbons (Fsp3) is 0.636. The molecule has 1 aliphatic rings. The number of aromatic nitrogens is 1. The first kappa shape index (κ1) is 34.9. The predicted molar refractivity (Wildman–Crippen MR) is 168 cm³/mol. The van der Waals surface area contributed by atoms with Crippen LogP contribution in [0.5, 0.6) is 0 Å². The first-order valence-corrected chi connectivity index (χ1v) is 15.8. The van der Waals surface area contributed by atoms with Crippen LogP contribution in [0, 0.1) is 11.8 Å². The Labute approximate surface area is 259 Å². The van der Waals surface area contributed by atoms with Crippen molar-refractivity contribution in [1.82, 2.24) is 20.9 Å². The van der Waals surface area contributed by atoms with Crippen molar-refractivity contribution in [2.75, 3.05) is 0 Å². The molecule has 1 heterocycles. The molecule has 44 heavy (non-hydrogen) atoms. The summed E-state index contributed by atoms with van der Waals surface area (Å²) in [7, 11) is 0. The van der Waals surface area contributed by atoms with E-state index in [0.717, 1.165) is 48.6 Å². The molecule has 6 N–H and O–H groups in total. The molecule has 1 saturated carbocycles. The van der Waals surface area contributed by atoms with Crippen LogP contribution in [0.2, 0.25) is 0 Å². The largest absolute Gasteiger partial charge is 0.481 e. The Hall–Kier alpha value is -3.60. The number of carboxylic acid groups (broad SMARTS) is 1. The van der Waals surface area contributed by atoms with Crippen LogP contribution in [-0.4, -0.2) is 68.9 Å². The van der Waals surface area contributed by atoms with Gasteiger partial charge in [-0.2, -0.15) is 0 Å². The van der Waals surface area contributed by atoms with Gasteiger partial charge in [0.05, 0.1) is 18.6 Å². The van der Waals surface area contributed by atoms with Crippen LogP contribution in [0.3, 0.4) is 0 Å². The number of aliphatic carboxylic acids is 1. The van der Waals surface area contributed by atoms with Crippen molar-refractivity contribution in [1.29, 1.82) is 0 Å². The summed E-state index contributed by atoms with van der Waals surface area (Å²) in [6, 6.07) is 4.78. The lowest BCUT2D eigenvalue weighted by Gasteiger charge is -2.31. The Balaban J connectivity index is 1.81. The number of nitrogens with one attached hydrogen (secondary N) is 4. The number of aromatic amines is 1. The summed E-state index contributed by atoms with van der Waals surface area (Å²) in [6.45, 7) is 8.98. The maximum Gasteiger partial charge on any atom is 0.408 e. The molecule has 11 heteroatoms. The molecule has 1 fully saturated rings. The van der Waals surface area contributed by atoms with Crippen molar-refractivity contribution < 1.29 is 34.1 Å². The third-order valence-corrected chi connectivity index (χ3v) is 8.39. The van der Waals surface area contributed by atoms with E-state index in [1.807, 2.05) is 38.1 Å². The van der Waals surface area contributed by atoms with E-state index in [-0.39, 0.29) is 18.3 Å². The normalized spacial score (nSPS) is 17.6. The highest BCUT2D eigenvalue weighted by atomic mass is 16.6. The second-order valence-corrected chi connectivity index (χ2v) is 13.2. The van der Waals surface area contributed by atoms with Gasteiger partial charge in [0.1, 0.15) is 17.7 Å².